The van der Waals surface area contributed by atoms with E-state index in [1.807, 2.05) is 0 Å². The zero-order chi connectivity index (χ0) is 39.9. The third-order valence-corrected chi connectivity index (χ3v) is 18.5. The van der Waals surface area contributed by atoms with Crippen molar-refractivity contribution in [3.05, 3.63) is 205 Å². The molecule has 0 saturated heterocycles. The Morgan fingerprint density at radius 2 is 0.831 bits per heavy atom. The second-order valence-electron chi connectivity index (χ2n) is 18.0. The number of benzene rings is 8. The van der Waals surface area contributed by atoms with Crippen LogP contribution in [0.15, 0.2) is 194 Å². The molecular formula is C56H48N2Si. The van der Waals surface area contributed by atoms with Crippen LogP contribution < -0.4 is 20.7 Å². The summed E-state index contributed by atoms with van der Waals surface area (Å²) in [5.41, 5.74) is 10.4. The van der Waals surface area contributed by atoms with E-state index in [0.717, 1.165) is 0 Å². The highest BCUT2D eigenvalue weighted by Gasteiger charge is 2.44. The van der Waals surface area contributed by atoms with Crippen molar-refractivity contribution in [2.45, 2.75) is 51.4 Å². The smallest absolute Gasteiger partial charge is 0.179 e. The van der Waals surface area contributed by atoms with E-state index in [9.17, 15) is 0 Å². The first-order chi connectivity index (χ1) is 28.8. The van der Waals surface area contributed by atoms with Gasteiger partial charge >= 0.3 is 0 Å². The topological polar surface area (TPSA) is 9.86 Å². The van der Waals surface area contributed by atoms with Crippen molar-refractivity contribution in [1.29, 1.82) is 0 Å². The molecule has 286 valence electrons. The Bertz CT molecular complexity index is 3130. The molecule has 11 rings (SSSR count). The minimum atomic E-state index is -2.90. The summed E-state index contributed by atoms with van der Waals surface area (Å²) in [6.45, 7) is 9.78. The first-order valence-electron chi connectivity index (χ1n) is 21.2. The molecule has 2 nitrogen and oxygen atoms in total. The molecular weight excluding hydrogens is 729 g/mol. The van der Waals surface area contributed by atoms with Crippen molar-refractivity contribution in [3.63, 3.8) is 0 Å². The quantitative estimate of drug-likeness (QED) is 0.118. The molecule has 0 fully saturated rings. The van der Waals surface area contributed by atoms with Gasteiger partial charge in [0.05, 0.1) is 27.8 Å². The van der Waals surface area contributed by atoms with Crippen LogP contribution >= 0.6 is 0 Å². The fourth-order valence-electron chi connectivity index (χ4n) is 10.7. The molecule has 10 aromatic rings. The number of hydrogen-bond acceptors (Lipinski definition) is 0. The molecule has 2 aromatic heterocycles. The monoisotopic (exact) mass is 776 g/mol. The van der Waals surface area contributed by atoms with Crippen LogP contribution in [0.25, 0.3) is 55.0 Å². The molecule has 1 aliphatic rings. The fourth-order valence-corrected chi connectivity index (χ4v) is 15.5. The van der Waals surface area contributed by atoms with Gasteiger partial charge in [-0.25, -0.2) is 0 Å². The Balaban J connectivity index is 1.24. The summed E-state index contributed by atoms with van der Waals surface area (Å²) in [6.07, 6.45) is 2.38. The van der Waals surface area contributed by atoms with Crippen molar-refractivity contribution < 1.29 is 0 Å². The van der Waals surface area contributed by atoms with E-state index in [4.69, 9.17) is 0 Å². The van der Waals surface area contributed by atoms with Crippen LogP contribution in [0.4, 0.5) is 0 Å². The second kappa shape index (κ2) is 13.3. The Morgan fingerprint density at radius 1 is 0.373 bits per heavy atom. The highest BCUT2D eigenvalue weighted by Crippen LogP contribution is 2.46. The predicted molar refractivity (Wildman–Crippen MR) is 254 cm³/mol. The van der Waals surface area contributed by atoms with Crippen molar-refractivity contribution in [2.24, 2.45) is 0 Å². The molecule has 0 radical (unpaired) electrons. The zero-order valence-corrected chi connectivity index (χ0v) is 35.3. The SMILES string of the molecule is CC1(C)CCC(C)(C)c2cc([Si](c3ccccc3)(c3ccccc3)c3cccc(-n4c5ccccc5c5cccc(-n6c7ccccc7c7ccccc76)c54)c3)ccc21. The number of hydrogen-bond donors (Lipinski definition) is 0. The van der Waals surface area contributed by atoms with Gasteiger partial charge in [0.25, 0.3) is 0 Å². The number of fused-ring (bicyclic) bond motifs is 7. The number of para-hydroxylation sites is 4. The van der Waals surface area contributed by atoms with Gasteiger partial charge in [0.15, 0.2) is 8.07 Å². The van der Waals surface area contributed by atoms with Gasteiger partial charge in [-0.2, -0.15) is 0 Å². The van der Waals surface area contributed by atoms with Gasteiger partial charge in [-0.3, -0.25) is 0 Å². The average molecular weight is 777 g/mol. The lowest BCUT2D eigenvalue weighted by Gasteiger charge is -2.43. The second-order valence-corrected chi connectivity index (χ2v) is 21.8. The highest BCUT2D eigenvalue weighted by atomic mass is 28.3. The average Bonchev–Trinajstić information content (AvgIpc) is 3.80. The predicted octanol–water partition coefficient (Wildman–Crippen LogP) is 11.6. The summed E-state index contributed by atoms with van der Waals surface area (Å²) < 4.78 is 5.02. The maximum atomic E-state index is 2.63. The summed E-state index contributed by atoms with van der Waals surface area (Å²) >= 11 is 0. The Labute approximate surface area is 348 Å². The van der Waals surface area contributed by atoms with Crippen LogP contribution in [0, 0.1) is 0 Å². The molecule has 3 heteroatoms. The molecule has 59 heavy (non-hydrogen) atoms. The van der Waals surface area contributed by atoms with E-state index in [2.05, 4.69) is 231 Å². The van der Waals surface area contributed by atoms with E-state index < -0.39 is 8.07 Å². The van der Waals surface area contributed by atoms with Crippen molar-refractivity contribution in [2.75, 3.05) is 0 Å². The molecule has 0 N–H and O–H groups in total. The van der Waals surface area contributed by atoms with Crippen LogP contribution in [-0.2, 0) is 10.8 Å². The van der Waals surface area contributed by atoms with Gasteiger partial charge < -0.3 is 9.13 Å². The maximum absolute atomic E-state index is 2.90. The minimum absolute atomic E-state index is 0.0857. The molecule has 2 heterocycles. The lowest BCUT2D eigenvalue weighted by molar-refractivity contribution is 0.332. The largest absolute Gasteiger partial charge is 0.307 e. The first kappa shape index (κ1) is 35.7. The molecule has 0 atom stereocenters. The van der Waals surface area contributed by atoms with Crippen LogP contribution in [0.2, 0.25) is 0 Å². The standard InChI is InChI=1S/C56H48N2Si/c1-55(2)35-36-56(3,4)49-38-43(33-34-48(49)55)59(40-20-7-5-8-21-40,41-22-9-6-10-23-41)42-24-17-19-39(37-42)57-50-29-14-13-27-46(50)47-28-18-32-53(54(47)57)58-51-30-15-11-25-44(51)45-26-12-16-31-52(45)58/h5-34,37-38H,35-36H2,1-4H3. The molecule has 0 spiro atoms. The van der Waals surface area contributed by atoms with Gasteiger partial charge in [0.2, 0.25) is 0 Å². The van der Waals surface area contributed by atoms with Gasteiger partial charge in [-0.1, -0.05) is 185 Å². The van der Waals surface area contributed by atoms with E-state index in [1.165, 1.54) is 99.7 Å². The summed E-state index contributed by atoms with van der Waals surface area (Å²) in [7, 11) is -2.90. The fraction of sp³-hybridized carbons (Fsp3) is 0.143. The van der Waals surface area contributed by atoms with Gasteiger partial charge in [0.1, 0.15) is 0 Å². The van der Waals surface area contributed by atoms with Crippen LogP contribution in [0.1, 0.15) is 51.7 Å². The number of aromatic nitrogens is 2. The maximum Gasteiger partial charge on any atom is 0.179 e. The Kier molecular flexibility index (Phi) is 8.06. The number of nitrogens with zero attached hydrogens (tertiary/aromatic N) is 2. The first-order valence-corrected chi connectivity index (χ1v) is 23.2. The van der Waals surface area contributed by atoms with Crippen molar-refractivity contribution in [1.82, 2.24) is 9.13 Å². The lowest BCUT2D eigenvalue weighted by atomic mass is 9.63. The normalized spacial score (nSPS) is 14.9. The molecule has 1 aliphatic carbocycles. The van der Waals surface area contributed by atoms with Gasteiger partial charge in [0, 0.05) is 27.2 Å². The Hall–Kier alpha value is -6.42. The van der Waals surface area contributed by atoms with Crippen molar-refractivity contribution in [3.8, 4) is 11.4 Å². The van der Waals surface area contributed by atoms with E-state index in [1.54, 1.807) is 0 Å². The van der Waals surface area contributed by atoms with Gasteiger partial charge in [-0.05, 0) is 91.9 Å². The van der Waals surface area contributed by atoms with E-state index >= 15 is 0 Å². The summed E-state index contributed by atoms with van der Waals surface area (Å²) in [4.78, 5) is 0. The lowest BCUT2D eigenvalue weighted by Crippen LogP contribution is -2.75. The molecule has 0 saturated carbocycles. The van der Waals surface area contributed by atoms with Crippen LogP contribution in [0.5, 0.6) is 0 Å². The highest BCUT2D eigenvalue weighted by molar-refractivity contribution is 7.19. The number of rotatable bonds is 6. The third kappa shape index (κ3) is 5.31. The summed E-state index contributed by atoms with van der Waals surface area (Å²) in [5, 5.41) is 10.6. The van der Waals surface area contributed by atoms with Crippen molar-refractivity contribution >= 4 is 72.4 Å². The van der Waals surface area contributed by atoms with E-state index in [0.29, 0.717) is 0 Å². The molecule has 8 aromatic carbocycles. The summed E-state index contributed by atoms with van der Waals surface area (Å²) in [6, 6.07) is 73.5. The molecule has 0 bridgehead atoms. The molecule has 0 amide bonds. The molecule has 0 aliphatic heterocycles. The van der Waals surface area contributed by atoms with Gasteiger partial charge in [-0.15, -0.1) is 0 Å². The van der Waals surface area contributed by atoms with Crippen LogP contribution in [-0.4, -0.2) is 17.2 Å². The summed E-state index contributed by atoms with van der Waals surface area (Å²) in [5.74, 6) is 0. The van der Waals surface area contributed by atoms with Crippen LogP contribution in [0.3, 0.4) is 0 Å². The zero-order valence-electron chi connectivity index (χ0n) is 34.3. The Morgan fingerprint density at radius 3 is 1.44 bits per heavy atom. The minimum Gasteiger partial charge on any atom is -0.307 e. The third-order valence-electron chi connectivity index (χ3n) is 13.7. The molecule has 0 unspecified atom stereocenters. The van der Waals surface area contributed by atoms with E-state index in [-0.39, 0.29) is 10.8 Å².